The number of hydrogen-bond donors (Lipinski definition) is 2. The lowest BCUT2D eigenvalue weighted by Crippen LogP contribution is -2.40. The second kappa shape index (κ2) is 9.16. The third kappa shape index (κ3) is 5.81. The second-order valence-electron chi connectivity index (χ2n) is 8.76. The van der Waals surface area contributed by atoms with E-state index < -0.39 is 0 Å². The van der Waals surface area contributed by atoms with Crippen molar-refractivity contribution in [3.05, 3.63) is 88.2 Å². The van der Waals surface area contributed by atoms with Crippen LogP contribution in [0.5, 0.6) is 0 Å². The summed E-state index contributed by atoms with van der Waals surface area (Å²) in [4.78, 5) is 24.8. The maximum atomic E-state index is 12.6. The molecule has 2 amide bonds. The van der Waals surface area contributed by atoms with Crippen LogP contribution in [0.15, 0.2) is 54.6 Å². The Kier molecular flexibility index (Phi) is 6.59. The average molecular weight is 419 g/mol. The van der Waals surface area contributed by atoms with E-state index in [9.17, 15) is 9.59 Å². The average Bonchev–Trinajstić information content (AvgIpc) is 2.98. The number of carbonyl (C=O) groups excluding carboxylic acids is 2. The van der Waals surface area contributed by atoms with Crippen LogP contribution in [-0.4, -0.2) is 27.1 Å². The lowest BCUT2D eigenvalue weighted by atomic mass is 10.1. The largest absolute Gasteiger partial charge is 0.348 e. The first-order chi connectivity index (χ1) is 14.6. The van der Waals surface area contributed by atoms with E-state index >= 15 is 0 Å². The summed E-state index contributed by atoms with van der Waals surface area (Å²) in [6.07, 6.45) is 0. The molecule has 0 saturated carbocycles. The first-order valence-corrected chi connectivity index (χ1v) is 10.4. The number of aromatic nitrogens is 2. The summed E-state index contributed by atoms with van der Waals surface area (Å²) < 4.78 is 1.97. The molecule has 1 aromatic heterocycles. The van der Waals surface area contributed by atoms with E-state index in [0.29, 0.717) is 24.2 Å². The zero-order valence-corrected chi connectivity index (χ0v) is 18.8. The highest BCUT2D eigenvalue weighted by Crippen LogP contribution is 2.15. The van der Waals surface area contributed by atoms with Crippen LogP contribution in [0.4, 0.5) is 0 Å². The predicted octanol–water partition coefficient (Wildman–Crippen LogP) is 4.01. The van der Waals surface area contributed by atoms with Gasteiger partial charge in [0.1, 0.15) is 0 Å². The Bertz CT molecular complexity index is 1060. The topological polar surface area (TPSA) is 76.0 Å². The van der Waals surface area contributed by atoms with Gasteiger partial charge in [0.2, 0.25) is 0 Å². The monoisotopic (exact) mass is 418 g/mol. The molecule has 3 aromatic rings. The van der Waals surface area contributed by atoms with Gasteiger partial charge in [-0.3, -0.25) is 14.3 Å². The number of nitrogens with zero attached hydrogens (tertiary/aromatic N) is 2. The molecular weight excluding hydrogens is 388 g/mol. The summed E-state index contributed by atoms with van der Waals surface area (Å²) in [5.74, 6) is -0.339. The van der Waals surface area contributed by atoms with Crippen molar-refractivity contribution in [2.24, 2.45) is 0 Å². The fraction of sp³-hybridized carbons (Fsp3) is 0.320. The van der Waals surface area contributed by atoms with E-state index in [1.54, 1.807) is 24.3 Å². The van der Waals surface area contributed by atoms with Crippen LogP contribution in [0.25, 0.3) is 0 Å². The van der Waals surface area contributed by atoms with Crippen LogP contribution in [0, 0.1) is 13.8 Å². The summed E-state index contributed by atoms with van der Waals surface area (Å²) in [5, 5.41) is 10.5. The van der Waals surface area contributed by atoms with Crippen LogP contribution < -0.4 is 10.6 Å². The number of amides is 2. The second-order valence-corrected chi connectivity index (χ2v) is 8.76. The molecule has 2 N–H and O–H groups in total. The summed E-state index contributed by atoms with van der Waals surface area (Å²) in [5.41, 5.74) is 4.87. The van der Waals surface area contributed by atoms with Crippen molar-refractivity contribution in [3.8, 4) is 0 Å². The van der Waals surface area contributed by atoms with E-state index in [4.69, 9.17) is 0 Å². The van der Waals surface area contributed by atoms with Gasteiger partial charge < -0.3 is 10.6 Å². The minimum atomic E-state index is -0.312. The van der Waals surface area contributed by atoms with Crippen molar-refractivity contribution < 1.29 is 9.59 Å². The van der Waals surface area contributed by atoms with Crippen molar-refractivity contribution in [1.29, 1.82) is 0 Å². The molecule has 0 radical (unpaired) electrons. The molecule has 6 nitrogen and oxygen atoms in total. The van der Waals surface area contributed by atoms with Crippen molar-refractivity contribution in [2.75, 3.05) is 0 Å². The molecule has 0 saturated heterocycles. The van der Waals surface area contributed by atoms with Crippen molar-refractivity contribution in [2.45, 2.75) is 53.2 Å². The SMILES string of the molecule is Cc1nn(Cc2ccccc2)c(C)c1CNC(=O)c1ccc(C(=O)NC(C)(C)C)cc1. The van der Waals surface area contributed by atoms with Gasteiger partial charge in [-0.05, 0) is 64.4 Å². The van der Waals surface area contributed by atoms with Gasteiger partial charge in [0.05, 0.1) is 12.2 Å². The molecule has 0 fully saturated rings. The lowest BCUT2D eigenvalue weighted by molar-refractivity contribution is 0.0915. The zero-order valence-electron chi connectivity index (χ0n) is 18.8. The third-order valence-electron chi connectivity index (χ3n) is 5.03. The Labute approximate surface area is 183 Å². The van der Waals surface area contributed by atoms with Crippen molar-refractivity contribution in [3.63, 3.8) is 0 Å². The van der Waals surface area contributed by atoms with Gasteiger partial charge >= 0.3 is 0 Å². The van der Waals surface area contributed by atoms with E-state index in [1.165, 1.54) is 5.56 Å². The van der Waals surface area contributed by atoms with Crippen molar-refractivity contribution >= 4 is 11.8 Å². The molecule has 3 rings (SSSR count). The molecule has 6 heteroatoms. The summed E-state index contributed by atoms with van der Waals surface area (Å²) in [6.45, 7) is 10.9. The molecule has 0 unspecified atom stereocenters. The number of benzene rings is 2. The van der Waals surface area contributed by atoms with Crippen LogP contribution >= 0.6 is 0 Å². The highest BCUT2D eigenvalue weighted by molar-refractivity contribution is 5.98. The standard InChI is InChI=1S/C25H30N4O2/c1-17-22(18(2)29(28-17)16-19-9-7-6-8-10-19)15-26-23(30)20-11-13-21(14-12-20)24(31)27-25(3,4)5/h6-14H,15-16H2,1-5H3,(H,26,30)(H,27,31). The Morgan fingerprint density at radius 2 is 1.48 bits per heavy atom. The van der Waals surface area contributed by atoms with E-state index in [0.717, 1.165) is 17.0 Å². The molecule has 2 aromatic carbocycles. The van der Waals surface area contributed by atoms with Crippen LogP contribution in [0.1, 0.15) is 64.0 Å². The lowest BCUT2D eigenvalue weighted by Gasteiger charge is -2.20. The van der Waals surface area contributed by atoms with Gasteiger partial charge in [-0.25, -0.2) is 0 Å². The number of nitrogens with one attached hydrogen (secondary N) is 2. The van der Waals surface area contributed by atoms with Gasteiger partial charge in [-0.1, -0.05) is 30.3 Å². The summed E-state index contributed by atoms with van der Waals surface area (Å²) >= 11 is 0. The molecule has 0 spiro atoms. The number of rotatable bonds is 6. The van der Waals surface area contributed by atoms with Gasteiger partial charge in [-0.2, -0.15) is 5.10 Å². The summed E-state index contributed by atoms with van der Waals surface area (Å²) in [6, 6.07) is 16.9. The molecule has 162 valence electrons. The van der Waals surface area contributed by atoms with Gasteiger partial charge in [0.25, 0.3) is 11.8 Å². The van der Waals surface area contributed by atoms with Gasteiger partial charge in [0, 0.05) is 34.5 Å². The maximum Gasteiger partial charge on any atom is 0.251 e. The maximum absolute atomic E-state index is 12.6. The minimum Gasteiger partial charge on any atom is -0.348 e. The highest BCUT2D eigenvalue weighted by atomic mass is 16.2. The van der Waals surface area contributed by atoms with E-state index in [1.807, 2.05) is 57.5 Å². The quantitative estimate of drug-likeness (QED) is 0.635. The molecule has 0 atom stereocenters. The smallest absolute Gasteiger partial charge is 0.251 e. The molecule has 0 bridgehead atoms. The molecule has 31 heavy (non-hydrogen) atoms. The molecule has 1 heterocycles. The summed E-state index contributed by atoms with van der Waals surface area (Å²) in [7, 11) is 0. The number of carbonyl (C=O) groups is 2. The Morgan fingerprint density at radius 1 is 0.903 bits per heavy atom. The highest BCUT2D eigenvalue weighted by Gasteiger charge is 2.16. The first kappa shape index (κ1) is 22.3. The van der Waals surface area contributed by atoms with E-state index in [2.05, 4.69) is 27.9 Å². The fourth-order valence-corrected chi connectivity index (χ4v) is 3.36. The molecule has 0 aliphatic heterocycles. The predicted molar refractivity (Wildman–Crippen MR) is 122 cm³/mol. The Hall–Kier alpha value is -3.41. The number of hydrogen-bond acceptors (Lipinski definition) is 3. The van der Waals surface area contributed by atoms with E-state index in [-0.39, 0.29) is 17.4 Å². The molecular formula is C25H30N4O2. The molecule has 0 aliphatic carbocycles. The number of aryl methyl sites for hydroxylation is 1. The van der Waals surface area contributed by atoms with Gasteiger partial charge in [-0.15, -0.1) is 0 Å². The molecule has 0 aliphatic rings. The van der Waals surface area contributed by atoms with Crippen LogP contribution in [-0.2, 0) is 13.1 Å². The Balaban J connectivity index is 1.64. The van der Waals surface area contributed by atoms with Crippen LogP contribution in [0.2, 0.25) is 0 Å². The Morgan fingerprint density at radius 3 is 2.06 bits per heavy atom. The third-order valence-corrected chi connectivity index (χ3v) is 5.03. The first-order valence-electron chi connectivity index (χ1n) is 10.4. The van der Waals surface area contributed by atoms with Crippen molar-refractivity contribution in [1.82, 2.24) is 20.4 Å². The van der Waals surface area contributed by atoms with Crippen LogP contribution in [0.3, 0.4) is 0 Å². The minimum absolute atomic E-state index is 0.156. The fourth-order valence-electron chi connectivity index (χ4n) is 3.36. The normalized spacial score (nSPS) is 11.3. The zero-order chi connectivity index (χ0) is 22.6. The van der Waals surface area contributed by atoms with Gasteiger partial charge in [0.15, 0.2) is 0 Å².